The molecule has 0 unspecified atom stereocenters. The molecule has 0 saturated carbocycles. The Balaban J connectivity index is 0.00000274. The second-order valence-corrected chi connectivity index (χ2v) is 8.64. The van der Waals surface area contributed by atoms with E-state index in [2.05, 4.69) is 45.7 Å². The van der Waals surface area contributed by atoms with Crippen molar-refractivity contribution in [3.63, 3.8) is 0 Å². The van der Waals surface area contributed by atoms with Gasteiger partial charge < -0.3 is 14.5 Å². The van der Waals surface area contributed by atoms with Crippen molar-refractivity contribution in [2.75, 3.05) is 0 Å². The fourth-order valence-corrected chi connectivity index (χ4v) is 4.80. The predicted molar refractivity (Wildman–Crippen MR) is 132 cm³/mol. The van der Waals surface area contributed by atoms with E-state index in [1.54, 1.807) is 4.57 Å². The number of imidazole rings is 1. The molecule has 0 fully saturated rings. The quantitative estimate of drug-likeness (QED) is 0.190. The zero-order chi connectivity index (χ0) is 22.9. The Kier molecular flexibility index (Phi) is 7.67. The van der Waals surface area contributed by atoms with E-state index in [0.717, 1.165) is 30.3 Å². The molecule has 0 saturated heterocycles. The zero-order valence-electron chi connectivity index (χ0n) is 19.5. The number of fused-ring (bicyclic) bond motifs is 4. The van der Waals surface area contributed by atoms with Crippen LogP contribution in [0.4, 0.5) is 0 Å². The van der Waals surface area contributed by atoms with Crippen LogP contribution in [-0.4, -0.2) is 18.7 Å². The summed E-state index contributed by atoms with van der Waals surface area (Å²) in [7, 11) is 0. The maximum Gasteiger partial charge on any atom is 1.00 e. The van der Waals surface area contributed by atoms with Crippen LogP contribution in [0.5, 0.6) is 0 Å². The number of rotatable bonds is 8. The molecule has 0 spiro atoms. The molecular formula is C25H25ClN5NaO2. The van der Waals surface area contributed by atoms with Crippen LogP contribution < -0.4 is 45.8 Å². The van der Waals surface area contributed by atoms with E-state index in [1.165, 1.54) is 15.3 Å². The second-order valence-electron chi connectivity index (χ2n) is 8.30. The number of unbranched alkanes of at least 4 members (excludes halogenated alkanes) is 2. The Bertz CT molecular complexity index is 1530. The summed E-state index contributed by atoms with van der Waals surface area (Å²) in [5, 5.41) is 2.40. The molecule has 0 N–H and O–H groups in total. The van der Waals surface area contributed by atoms with Gasteiger partial charge in [-0.1, -0.05) is 67.8 Å². The largest absolute Gasteiger partial charge is 1.00 e. The average molecular weight is 486 g/mol. The average Bonchev–Trinajstić information content (AvgIpc) is 3.37. The van der Waals surface area contributed by atoms with Gasteiger partial charge in [-0.05, 0) is 25.0 Å². The summed E-state index contributed by atoms with van der Waals surface area (Å²) in [5.74, 6) is 0. The van der Waals surface area contributed by atoms with E-state index in [4.69, 9.17) is 11.6 Å². The fourth-order valence-electron chi connectivity index (χ4n) is 4.64. The Morgan fingerprint density at radius 1 is 0.824 bits per heavy atom. The van der Waals surface area contributed by atoms with Crippen LogP contribution >= 0.6 is 11.6 Å². The molecule has 9 heteroatoms. The molecule has 3 aromatic heterocycles. The van der Waals surface area contributed by atoms with Crippen LogP contribution in [0.15, 0.2) is 58.1 Å². The molecule has 0 radical (unpaired) electrons. The van der Waals surface area contributed by atoms with Crippen LogP contribution in [-0.2, 0) is 19.6 Å². The van der Waals surface area contributed by atoms with Crippen molar-refractivity contribution < 1.29 is 29.6 Å². The van der Waals surface area contributed by atoms with Crippen molar-refractivity contribution in [2.45, 2.75) is 52.2 Å². The van der Waals surface area contributed by atoms with Gasteiger partial charge in [-0.2, -0.15) is 0 Å². The predicted octanol–water partition coefficient (Wildman–Crippen LogP) is 1.56. The van der Waals surface area contributed by atoms with E-state index >= 15 is 0 Å². The number of halogens is 1. The first-order valence-corrected chi connectivity index (χ1v) is 11.8. The van der Waals surface area contributed by atoms with Crippen LogP contribution in [0.2, 0.25) is 5.28 Å². The van der Waals surface area contributed by atoms with Gasteiger partial charge in [0.05, 0.1) is 0 Å². The molecule has 0 amide bonds. The van der Waals surface area contributed by atoms with Crippen LogP contribution in [0.1, 0.15) is 32.6 Å². The molecule has 0 aliphatic carbocycles. The van der Waals surface area contributed by atoms with Gasteiger partial charge in [-0.15, -0.1) is 0 Å². The van der Waals surface area contributed by atoms with Gasteiger partial charge in [0.25, 0.3) is 5.56 Å². The summed E-state index contributed by atoms with van der Waals surface area (Å²) in [6.07, 6.45) is 3.47. The topological polar surface area (TPSA) is 75.9 Å². The third-order valence-corrected chi connectivity index (χ3v) is 6.38. The van der Waals surface area contributed by atoms with E-state index in [9.17, 15) is 9.59 Å². The van der Waals surface area contributed by atoms with Crippen molar-refractivity contribution >= 4 is 44.6 Å². The Labute approximate surface area is 223 Å². The van der Waals surface area contributed by atoms with E-state index < -0.39 is 5.56 Å². The second kappa shape index (κ2) is 10.5. The first-order valence-electron chi connectivity index (χ1n) is 11.4. The summed E-state index contributed by atoms with van der Waals surface area (Å²) < 4.78 is 5.09. The molecule has 5 aromatic rings. The molecule has 5 rings (SSSR count). The van der Waals surface area contributed by atoms with Crippen LogP contribution in [0.3, 0.4) is 0 Å². The maximum atomic E-state index is 13.2. The third-order valence-electron chi connectivity index (χ3n) is 6.21. The van der Waals surface area contributed by atoms with Crippen LogP contribution in [0.25, 0.3) is 33.0 Å². The van der Waals surface area contributed by atoms with Gasteiger partial charge in [-0.3, -0.25) is 13.9 Å². The Hall–Kier alpha value is -2.32. The van der Waals surface area contributed by atoms with E-state index in [-0.39, 0.29) is 51.7 Å². The number of hydrogen-bond donors (Lipinski definition) is 0. The normalized spacial score (nSPS) is 11.5. The zero-order valence-corrected chi connectivity index (χ0v) is 22.3. The van der Waals surface area contributed by atoms with Crippen molar-refractivity contribution in [1.82, 2.24) is 23.7 Å². The van der Waals surface area contributed by atoms with Crippen molar-refractivity contribution in [3.8, 4) is 0 Å². The molecule has 0 bridgehead atoms. The number of benzene rings is 2. The standard InChI is InChI=1S/C25H26ClN5O2.Na/c1-2-3-8-14-30-22-21(27-24(26)28-22)23(32)31(25(30)33)16-9-15-29-19-12-6-4-10-17(19)18-11-5-7-13-20(18)29;/h4-7,10-13H,2-3,8-9,14-16H2,1H3,(H,27,28,32);/q;+1/p-1. The number of para-hydroxylation sites is 2. The van der Waals surface area contributed by atoms with Crippen molar-refractivity contribution in [2.24, 2.45) is 0 Å². The summed E-state index contributed by atoms with van der Waals surface area (Å²) in [6.45, 7) is 3.58. The minimum Gasteiger partial charge on any atom is -0.420 e. The van der Waals surface area contributed by atoms with Gasteiger partial charge in [-0.25, -0.2) is 4.79 Å². The van der Waals surface area contributed by atoms with Gasteiger partial charge in [0.2, 0.25) is 0 Å². The summed E-state index contributed by atoms with van der Waals surface area (Å²) in [5.41, 5.74) is 1.96. The summed E-state index contributed by atoms with van der Waals surface area (Å²) in [6, 6.07) is 16.6. The first-order chi connectivity index (χ1) is 16.1. The van der Waals surface area contributed by atoms with Gasteiger partial charge in [0.1, 0.15) is 0 Å². The monoisotopic (exact) mass is 485 g/mol. The minimum atomic E-state index is -0.427. The Morgan fingerprint density at radius 2 is 1.41 bits per heavy atom. The molecule has 2 aromatic carbocycles. The minimum absolute atomic E-state index is 0. The number of aromatic nitrogens is 5. The molecular weight excluding hydrogens is 461 g/mol. The van der Waals surface area contributed by atoms with Gasteiger partial charge >= 0.3 is 35.2 Å². The smallest absolute Gasteiger partial charge is 0.420 e. The first kappa shape index (κ1) is 24.8. The SMILES string of the molecule is CCCCCn1c(=O)n(CCCn2c3ccccc3c3ccccc32)c(=O)c2[n-]c(Cl)nc21.[Na+]. The molecule has 7 nitrogen and oxygen atoms in total. The molecule has 34 heavy (non-hydrogen) atoms. The van der Waals surface area contributed by atoms with Gasteiger partial charge in [0.15, 0.2) is 0 Å². The van der Waals surface area contributed by atoms with Crippen molar-refractivity contribution in [1.29, 1.82) is 0 Å². The Morgan fingerprint density at radius 3 is 2.06 bits per heavy atom. The van der Waals surface area contributed by atoms with Crippen molar-refractivity contribution in [3.05, 3.63) is 74.7 Å². The maximum absolute atomic E-state index is 13.2. The summed E-state index contributed by atoms with van der Waals surface area (Å²) in [4.78, 5) is 34.5. The molecule has 0 atom stereocenters. The molecule has 170 valence electrons. The number of nitrogens with zero attached hydrogens (tertiary/aromatic N) is 5. The third kappa shape index (κ3) is 4.38. The molecule has 0 aliphatic heterocycles. The molecule has 0 aliphatic rings. The van der Waals surface area contributed by atoms with E-state index in [0.29, 0.717) is 26.1 Å². The van der Waals surface area contributed by atoms with E-state index in [1.807, 2.05) is 24.3 Å². The number of hydrogen-bond acceptors (Lipinski definition) is 3. The number of aryl methyl sites for hydroxylation is 2. The van der Waals surface area contributed by atoms with Gasteiger partial charge in [0, 0.05) is 57.9 Å². The molecule has 3 heterocycles. The summed E-state index contributed by atoms with van der Waals surface area (Å²) >= 11 is 5.99. The van der Waals surface area contributed by atoms with Crippen LogP contribution in [0, 0.1) is 0 Å². The fraction of sp³-hybridized carbons (Fsp3) is 0.320.